The third-order valence-electron chi connectivity index (χ3n) is 4.18. The maximum Gasteiger partial charge on any atom is 0.0602 e. The average molecular weight is 239 g/mol. The monoisotopic (exact) mass is 239 g/mol. The Morgan fingerprint density at radius 1 is 0.882 bits per heavy atom. The largest absolute Gasteiger partial charge is 0.373 e. The zero-order valence-electron chi connectivity index (χ0n) is 12.4. The molecular weight excluding hydrogens is 210 g/mol. The number of ether oxygens (including phenoxy) is 1. The van der Waals surface area contributed by atoms with Crippen molar-refractivity contribution >= 4 is 0 Å². The second kappa shape index (κ2) is 4.24. The normalized spacial score (nSPS) is 35.3. The Balaban J connectivity index is 1.88. The molecule has 100 valence electrons. The van der Waals surface area contributed by atoms with E-state index in [1.54, 1.807) is 0 Å². The van der Waals surface area contributed by atoms with Crippen molar-refractivity contribution in [2.24, 2.45) is 11.8 Å². The number of hydrogen-bond donors (Lipinski definition) is 0. The van der Waals surface area contributed by atoms with Crippen molar-refractivity contribution in [3.8, 4) is 0 Å². The Labute approximate surface area is 107 Å². The van der Waals surface area contributed by atoms with Crippen LogP contribution in [0.25, 0.3) is 0 Å². The molecule has 0 amide bonds. The highest BCUT2D eigenvalue weighted by molar-refractivity contribution is 4.96. The summed E-state index contributed by atoms with van der Waals surface area (Å²) in [4.78, 5) is 2.65. The molecule has 0 aromatic rings. The minimum absolute atomic E-state index is 0.0209. The lowest BCUT2D eigenvalue weighted by atomic mass is 10.0. The van der Waals surface area contributed by atoms with E-state index >= 15 is 0 Å². The fraction of sp³-hybridized carbons (Fsp3) is 1.00. The zero-order valence-corrected chi connectivity index (χ0v) is 12.4. The Morgan fingerprint density at radius 2 is 1.35 bits per heavy atom. The van der Waals surface area contributed by atoms with E-state index in [1.807, 2.05) is 0 Å². The van der Waals surface area contributed by atoms with E-state index in [1.165, 1.54) is 25.9 Å². The van der Waals surface area contributed by atoms with E-state index in [2.05, 4.69) is 46.4 Å². The van der Waals surface area contributed by atoms with Crippen molar-refractivity contribution in [2.45, 2.75) is 71.6 Å². The molecule has 0 spiro atoms. The van der Waals surface area contributed by atoms with Crippen molar-refractivity contribution < 1.29 is 4.74 Å². The maximum atomic E-state index is 6.14. The van der Waals surface area contributed by atoms with Crippen LogP contribution in [-0.4, -0.2) is 35.2 Å². The summed E-state index contributed by atoms with van der Waals surface area (Å²) in [6.45, 7) is 16.1. The van der Waals surface area contributed by atoms with Crippen molar-refractivity contribution in [1.82, 2.24) is 4.90 Å². The minimum Gasteiger partial charge on any atom is -0.373 e. The summed E-state index contributed by atoms with van der Waals surface area (Å²) < 4.78 is 6.14. The molecule has 2 fully saturated rings. The van der Waals surface area contributed by atoms with Crippen LogP contribution >= 0.6 is 0 Å². The molecule has 17 heavy (non-hydrogen) atoms. The molecule has 1 aliphatic carbocycles. The van der Waals surface area contributed by atoms with Crippen LogP contribution < -0.4 is 0 Å². The van der Waals surface area contributed by atoms with Gasteiger partial charge in [0.05, 0.1) is 11.7 Å². The van der Waals surface area contributed by atoms with Crippen molar-refractivity contribution in [3.05, 3.63) is 0 Å². The molecule has 2 atom stereocenters. The van der Waals surface area contributed by atoms with Gasteiger partial charge in [0.15, 0.2) is 0 Å². The molecule has 1 aliphatic heterocycles. The lowest BCUT2D eigenvalue weighted by molar-refractivity contribution is -0.0609. The molecular formula is C15H29NO. The Bertz CT molecular complexity index is 260. The van der Waals surface area contributed by atoms with Crippen LogP contribution in [0.4, 0.5) is 0 Å². The SMILES string of the molecule is CC(C)(C)OC1CC2CN(C(C)(C)C)CC2C1. The van der Waals surface area contributed by atoms with E-state index in [-0.39, 0.29) is 5.60 Å². The molecule has 2 nitrogen and oxygen atoms in total. The molecule has 0 bridgehead atoms. The molecule has 1 heterocycles. The summed E-state index contributed by atoms with van der Waals surface area (Å²) >= 11 is 0. The third kappa shape index (κ3) is 3.23. The summed E-state index contributed by atoms with van der Waals surface area (Å²) in [5, 5.41) is 0. The van der Waals surface area contributed by atoms with Crippen molar-refractivity contribution in [2.75, 3.05) is 13.1 Å². The van der Waals surface area contributed by atoms with Gasteiger partial charge in [-0.15, -0.1) is 0 Å². The molecule has 2 rings (SSSR count). The van der Waals surface area contributed by atoms with E-state index < -0.39 is 0 Å². The first kappa shape index (κ1) is 13.4. The smallest absolute Gasteiger partial charge is 0.0602 e. The second-order valence-electron chi connectivity index (χ2n) is 7.92. The quantitative estimate of drug-likeness (QED) is 0.696. The number of nitrogens with zero attached hydrogens (tertiary/aromatic N) is 1. The maximum absolute atomic E-state index is 6.14. The molecule has 0 aromatic carbocycles. The van der Waals surface area contributed by atoms with Gasteiger partial charge < -0.3 is 4.74 Å². The van der Waals surface area contributed by atoms with Crippen LogP contribution in [0, 0.1) is 11.8 Å². The minimum atomic E-state index is 0.0209. The van der Waals surface area contributed by atoms with Crippen LogP contribution in [0.1, 0.15) is 54.4 Å². The molecule has 2 aliphatic rings. The summed E-state index contributed by atoms with van der Waals surface area (Å²) in [6.07, 6.45) is 3.05. The molecule has 2 heteroatoms. The molecule has 2 unspecified atom stereocenters. The van der Waals surface area contributed by atoms with Gasteiger partial charge in [-0.3, -0.25) is 4.90 Å². The van der Waals surface area contributed by atoms with E-state index in [0.29, 0.717) is 11.6 Å². The lowest BCUT2D eigenvalue weighted by Crippen LogP contribution is -2.40. The Hall–Kier alpha value is -0.0800. The first-order chi connectivity index (χ1) is 7.65. The zero-order chi connectivity index (χ0) is 12.8. The lowest BCUT2D eigenvalue weighted by Gasteiger charge is -2.33. The van der Waals surface area contributed by atoms with Crippen LogP contribution in [0.3, 0.4) is 0 Å². The molecule has 0 aromatic heterocycles. The predicted molar refractivity (Wildman–Crippen MR) is 72.2 cm³/mol. The van der Waals surface area contributed by atoms with Crippen LogP contribution in [-0.2, 0) is 4.74 Å². The number of fused-ring (bicyclic) bond motifs is 1. The van der Waals surface area contributed by atoms with Gasteiger partial charge in [-0.1, -0.05) is 0 Å². The van der Waals surface area contributed by atoms with Gasteiger partial charge in [-0.2, -0.15) is 0 Å². The van der Waals surface area contributed by atoms with Crippen LogP contribution in [0.15, 0.2) is 0 Å². The summed E-state index contributed by atoms with van der Waals surface area (Å²) in [6, 6.07) is 0. The second-order valence-corrected chi connectivity index (χ2v) is 7.92. The fourth-order valence-corrected chi connectivity index (χ4v) is 3.39. The molecule has 0 radical (unpaired) electrons. The van der Waals surface area contributed by atoms with Crippen LogP contribution in [0.5, 0.6) is 0 Å². The summed E-state index contributed by atoms with van der Waals surface area (Å²) in [5.41, 5.74) is 0.359. The van der Waals surface area contributed by atoms with Gasteiger partial charge in [0, 0.05) is 18.6 Å². The first-order valence-electron chi connectivity index (χ1n) is 7.08. The first-order valence-corrected chi connectivity index (χ1v) is 7.08. The number of hydrogen-bond acceptors (Lipinski definition) is 2. The van der Waals surface area contributed by atoms with Gasteiger partial charge in [0.1, 0.15) is 0 Å². The Kier molecular flexibility index (Phi) is 3.33. The summed E-state index contributed by atoms with van der Waals surface area (Å²) in [5.74, 6) is 1.75. The Morgan fingerprint density at radius 3 is 1.71 bits per heavy atom. The topological polar surface area (TPSA) is 12.5 Å². The van der Waals surface area contributed by atoms with Gasteiger partial charge in [-0.05, 0) is 66.2 Å². The predicted octanol–water partition coefficient (Wildman–Crippen LogP) is 3.31. The third-order valence-corrected chi connectivity index (χ3v) is 4.18. The van der Waals surface area contributed by atoms with Gasteiger partial charge in [0.25, 0.3) is 0 Å². The highest BCUT2D eigenvalue weighted by atomic mass is 16.5. The van der Waals surface area contributed by atoms with E-state index in [4.69, 9.17) is 4.74 Å². The summed E-state index contributed by atoms with van der Waals surface area (Å²) in [7, 11) is 0. The molecule has 1 saturated heterocycles. The van der Waals surface area contributed by atoms with Gasteiger partial charge in [0.2, 0.25) is 0 Å². The highest BCUT2D eigenvalue weighted by Gasteiger charge is 2.44. The van der Waals surface area contributed by atoms with Gasteiger partial charge in [-0.25, -0.2) is 0 Å². The van der Waals surface area contributed by atoms with E-state index in [0.717, 1.165) is 11.8 Å². The molecule has 1 saturated carbocycles. The fourth-order valence-electron chi connectivity index (χ4n) is 3.39. The molecule has 0 N–H and O–H groups in total. The highest BCUT2D eigenvalue weighted by Crippen LogP contribution is 2.42. The van der Waals surface area contributed by atoms with Crippen molar-refractivity contribution in [1.29, 1.82) is 0 Å². The van der Waals surface area contributed by atoms with Gasteiger partial charge >= 0.3 is 0 Å². The van der Waals surface area contributed by atoms with E-state index in [9.17, 15) is 0 Å². The van der Waals surface area contributed by atoms with Crippen LogP contribution in [0.2, 0.25) is 0 Å². The van der Waals surface area contributed by atoms with Crippen molar-refractivity contribution in [3.63, 3.8) is 0 Å². The number of likely N-dealkylation sites (tertiary alicyclic amines) is 1. The number of rotatable bonds is 1. The average Bonchev–Trinajstić information content (AvgIpc) is 2.55. The standard InChI is InChI=1S/C15H29NO/c1-14(2,3)16-9-11-7-13(8-12(11)10-16)17-15(4,5)6/h11-13H,7-10H2,1-6H3.